The lowest BCUT2D eigenvalue weighted by Crippen LogP contribution is -2.62. The molecule has 0 aliphatic rings. The number of hydrogen-bond donors (Lipinski definition) is 12. The van der Waals surface area contributed by atoms with E-state index in [-0.39, 0.29) is 62.2 Å². The van der Waals surface area contributed by atoms with Crippen molar-refractivity contribution in [1.82, 2.24) is 47.9 Å². The fraction of sp³-hybridized carbons (Fsp3) is 0.614. The molecule has 22 nitrogen and oxygen atoms in total. The number of aliphatic hydroxyl groups excluding tert-OH is 1. The quantitative estimate of drug-likeness (QED) is 0.0474. The summed E-state index contributed by atoms with van der Waals surface area (Å²) in [5, 5.41) is 43.8. The molecule has 22 heteroatoms. The minimum absolute atomic E-state index is 0.0323. The van der Waals surface area contributed by atoms with Crippen LogP contribution >= 0.6 is 0 Å². The second kappa shape index (κ2) is 34.2. The summed E-state index contributed by atoms with van der Waals surface area (Å²) in [4.78, 5) is 135. The van der Waals surface area contributed by atoms with Gasteiger partial charge in [-0.25, -0.2) is 4.79 Å². The van der Waals surface area contributed by atoms with Crippen LogP contribution in [0.4, 0.5) is 0 Å². The van der Waals surface area contributed by atoms with E-state index < -0.39 is 132 Å². The first kappa shape index (κ1) is 68.2. The van der Waals surface area contributed by atoms with Crippen molar-refractivity contribution in [3.8, 4) is 0 Å². The molecule has 0 heterocycles. The highest BCUT2D eigenvalue weighted by molar-refractivity contribution is 5.98. The highest BCUT2D eigenvalue weighted by Gasteiger charge is 2.36. The first-order valence-corrected chi connectivity index (χ1v) is 27.5. The van der Waals surface area contributed by atoms with Crippen LogP contribution in [0, 0.1) is 29.6 Å². The largest absolute Gasteiger partial charge is 0.480 e. The van der Waals surface area contributed by atoms with Gasteiger partial charge in [0.25, 0.3) is 0 Å². The molecule has 2 aromatic carbocycles. The lowest BCUT2D eigenvalue weighted by atomic mass is 9.96. The number of aliphatic carboxylic acids is 1. The van der Waals surface area contributed by atoms with Crippen LogP contribution in [0.2, 0.25) is 0 Å². The van der Waals surface area contributed by atoms with Crippen molar-refractivity contribution in [3.05, 3.63) is 71.8 Å². The van der Waals surface area contributed by atoms with E-state index in [0.29, 0.717) is 6.42 Å². The Bertz CT molecular complexity index is 2320. The zero-order valence-corrected chi connectivity index (χ0v) is 48.1. The smallest absolute Gasteiger partial charge is 0.326 e. The summed E-state index contributed by atoms with van der Waals surface area (Å²) in [7, 11) is 0. The average molecular weight is 1110 g/mol. The van der Waals surface area contributed by atoms with Gasteiger partial charge < -0.3 is 63.8 Å². The van der Waals surface area contributed by atoms with E-state index in [1.165, 1.54) is 13.8 Å². The molecule has 0 saturated carbocycles. The van der Waals surface area contributed by atoms with Crippen LogP contribution < -0.4 is 53.6 Å². The maximum Gasteiger partial charge on any atom is 0.326 e. The molecule has 0 fully saturated rings. The molecular weight excluding hydrogens is 1020 g/mol. The summed E-state index contributed by atoms with van der Waals surface area (Å²) < 4.78 is 0. The number of carbonyl (C=O) groups excluding carboxylic acids is 9. The monoisotopic (exact) mass is 1110 g/mol. The Morgan fingerprint density at radius 3 is 1.28 bits per heavy atom. The Balaban J connectivity index is 2.25. The number of carboxylic acid groups (broad SMARTS) is 1. The molecule has 79 heavy (non-hydrogen) atoms. The highest BCUT2D eigenvalue weighted by atomic mass is 16.4. The fourth-order valence-electron chi connectivity index (χ4n) is 8.45. The molecule has 0 spiro atoms. The third-order valence-corrected chi connectivity index (χ3v) is 12.9. The maximum atomic E-state index is 14.1. The second-order valence-corrected chi connectivity index (χ2v) is 22.3. The minimum Gasteiger partial charge on any atom is -0.480 e. The fourth-order valence-corrected chi connectivity index (χ4v) is 8.45. The first-order valence-electron chi connectivity index (χ1n) is 27.5. The van der Waals surface area contributed by atoms with Crippen LogP contribution in [0.5, 0.6) is 0 Å². The van der Waals surface area contributed by atoms with E-state index in [2.05, 4.69) is 47.9 Å². The summed E-state index contributed by atoms with van der Waals surface area (Å²) in [6.45, 7) is 20.0. The highest BCUT2D eigenvalue weighted by Crippen LogP contribution is 2.15. The van der Waals surface area contributed by atoms with E-state index >= 15 is 0 Å². The number of nitrogens with one attached hydrogen (secondary N) is 9. The summed E-state index contributed by atoms with van der Waals surface area (Å²) in [5.74, 6) is -8.95. The second-order valence-electron chi connectivity index (χ2n) is 22.3. The summed E-state index contributed by atoms with van der Waals surface area (Å²) in [5.41, 5.74) is 7.84. The van der Waals surface area contributed by atoms with Gasteiger partial charge in [-0.1, -0.05) is 136 Å². The summed E-state index contributed by atoms with van der Waals surface area (Å²) in [6.07, 6.45) is -0.340. The molecule has 0 aliphatic heterocycles. The Labute approximate surface area is 465 Å². The van der Waals surface area contributed by atoms with Crippen molar-refractivity contribution in [1.29, 1.82) is 0 Å². The number of carboxylic acids is 1. The van der Waals surface area contributed by atoms with Gasteiger partial charge in [-0.2, -0.15) is 0 Å². The predicted molar refractivity (Wildman–Crippen MR) is 299 cm³/mol. The standard InChI is InChI=1S/C57H90N10O12/c1-13-35(10)47(55(76)59-30-46(69)61-45(57(78)79)27-34(8)9)66-54(75)43(26-33(6)7)64-52(73)42(25-32(4)5)65-56(77)48(37(12)68)67-49(70)36(11)60-51(72)41(24-31(2)3)63-53(74)44(29-39-22-18-15-19-23-39)62-50(71)40(58)28-38-20-16-14-17-21-38/h14-23,31-37,40-45,47-48,68H,13,24-30,58H2,1-12H3,(H,59,76)(H,60,72)(H,61,69)(H,62,71)(H,63,74)(H,64,73)(H,65,77)(H,66,75)(H,67,70)(H,78,79)/t35-,36-,37+,40-,41-,42-,43-,44-,45-,47-,48-/m0/s1. The molecule has 440 valence electrons. The van der Waals surface area contributed by atoms with Crippen LogP contribution in [-0.2, 0) is 60.8 Å². The third-order valence-electron chi connectivity index (χ3n) is 12.9. The van der Waals surface area contributed by atoms with E-state index in [1.807, 2.05) is 64.1 Å². The normalized spacial score (nSPS) is 15.6. The molecule has 2 rings (SSSR count). The topological polar surface area (TPSA) is 345 Å². The molecule has 0 radical (unpaired) electrons. The van der Waals surface area contributed by atoms with Gasteiger partial charge in [0.05, 0.1) is 18.7 Å². The Morgan fingerprint density at radius 1 is 0.443 bits per heavy atom. The van der Waals surface area contributed by atoms with Crippen LogP contribution in [-0.4, -0.2) is 136 Å². The molecule has 9 amide bonds. The van der Waals surface area contributed by atoms with Gasteiger partial charge in [-0.05, 0) is 86.7 Å². The Morgan fingerprint density at radius 2 is 0.835 bits per heavy atom. The number of amides is 9. The van der Waals surface area contributed by atoms with Crippen LogP contribution in [0.15, 0.2) is 60.7 Å². The zero-order valence-electron chi connectivity index (χ0n) is 48.1. The number of carbonyl (C=O) groups is 10. The molecule has 13 N–H and O–H groups in total. The number of nitrogens with two attached hydrogens (primary N) is 1. The van der Waals surface area contributed by atoms with Crippen LogP contribution in [0.1, 0.15) is 126 Å². The van der Waals surface area contributed by atoms with Crippen LogP contribution in [0.25, 0.3) is 0 Å². The maximum absolute atomic E-state index is 14.1. The number of hydrogen-bond acceptors (Lipinski definition) is 12. The van der Waals surface area contributed by atoms with Gasteiger partial charge in [-0.15, -0.1) is 0 Å². The zero-order chi connectivity index (χ0) is 59.7. The summed E-state index contributed by atoms with van der Waals surface area (Å²) >= 11 is 0. The van der Waals surface area contributed by atoms with Gasteiger partial charge in [0.2, 0.25) is 53.2 Å². The molecule has 0 saturated heterocycles. The Kier molecular flexibility index (Phi) is 29.5. The van der Waals surface area contributed by atoms with Crippen molar-refractivity contribution in [2.45, 2.75) is 189 Å². The molecular formula is C57H90N10O12. The van der Waals surface area contributed by atoms with Crippen molar-refractivity contribution in [2.24, 2.45) is 35.3 Å². The van der Waals surface area contributed by atoms with Gasteiger partial charge in [0.1, 0.15) is 48.3 Å². The third kappa shape index (κ3) is 25.2. The molecule has 0 unspecified atom stereocenters. The Hall–Kier alpha value is -6.94. The lowest BCUT2D eigenvalue weighted by Gasteiger charge is -2.30. The molecule has 0 aliphatic carbocycles. The van der Waals surface area contributed by atoms with Crippen LogP contribution in [0.3, 0.4) is 0 Å². The van der Waals surface area contributed by atoms with E-state index in [1.54, 1.807) is 65.8 Å². The number of rotatable bonds is 34. The predicted octanol–water partition coefficient (Wildman–Crippen LogP) is 1.51. The molecule has 11 atom stereocenters. The number of aliphatic hydroxyl groups is 1. The van der Waals surface area contributed by atoms with Crippen molar-refractivity contribution in [2.75, 3.05) is 6.54 Å². The SMILES string of the molecule is CC[C@H](C)[C@H](NC(=O)[C@H](CC(C)C)NC(=O)[C@H](CC(C)C)NC(=O)[C@@H](NC(=O)[C@H](C)NC(=O)[C@H](CC(C)C)NC(=O)[C@H](Cc1ccccc1)NC(=O)[C@@H](N)Cc1ccccc1)[C@@H](C)O)C(=O)NCC(=O)N[C@@H](CC(C)C)C(=O)O. The van der Waals surface area contributed by atoms with Crippen molar-refractivity contribution < 1.29 is 58.2 Å². The van der Waals surface area contributed by atoms with E-state index in [9.17, 15) is 58.2 Å². The summed E-state index contributed by atoms with van der Waals surface area (Å²) in [6, 6.07) is 7.00. The van der Waals surface area contributed by atoms with Gasteiger partial charge >= 0.3 is 5.97 Å². The van der Waals surface area contributed by atoms with E-state index in [4.69, 9.17) is 5.73 Å². The lowest BCUT2D eigenvalue weighted by molar-refractivity contribution is -0.142. The first-order chi connectivity index (χ1) is 37.0. The van der Waals surface area contributed by atoms with E-state index in [0.717, 1.165) is 11.1 Å². The van der Waals surface area contributed by atoms with Gasteiger partial charge in [0, 0.05) is 6.42 Å². The average Bonchev–Trinajstić information content (AvgIpc) is 3.37. The van der Waals surface area contributed by atoms with Gasteiger partial charge in [0.15, 0.2) is 0 Å². The molecule has 0 aromatic heterocycles. The molecule has 2 aromatic rings. The molecule has 0 bridgehead atoms. The minimum atomic E-state index is -1.65. The number of benzene rings is 2. The van der Waals surface area contributed by atoms with Crippen molar-refractivity contribution >= 4 is 59.1 Å². The van der Waals surface area contributed by atoms with Crippen molar-refractivity contribution in [3.63, 3.8) is 0 Å². The van der Waals surface area contributed by atoms with Gasteiger partial charge in [-0.3, -0.25) is 43.2 Å².